The number of ether oxygens (including phenoxy) is 2. The second-order valence-electron chi connectivity index (χ2n) is 7.24. The van der Waals surface area contributed by atoms with Gasteiger partial charge in [0, 0.05) is 6.54 Å². The molecule has 0 saturated carbocycles. The fraction of sp³-hybridized carbons (Fsp3) is 0.348. The van der Waals surface area contributed by atoms with Crippen molar-refractivity contribution in [1.29, 1.82) is 0 Å². The second-order valence-corrected chi connectivity index (χ2v) is 7.24. The molecule has 0 spiro atoms. The van der Waals surface area contributed by atoms with E-state index in [4.69, 9.17) is 9.47 Å². The van der Waals surface area contributed by atoms with Crippen LogP contribution in [0.2, 0.25) is 0 Å². The van der Waals surface area contributed by atoms with Gasteiger partial charge in [-0.15, -0.1) is 0 Å². The van der Waals surface area contributed by atoms with Gasteiger partial charge in [0.25, 0.3) is 5.91 Å². The van der Waals surface area contributed by atoms with Crippen LogP contribution < -0.4 is 20.1 Å². The third kappa shape index (κ3) is 5.75. The van der Waals surface area contributed by atoms with E-state index >= 15 is 0 Å². The Hall–Kier alpha value is -3.55. The van der Waals surface area contributed by atoms with Crippen molar-refractivity contribution in [2.24, 2.45) is 0 Å². The van der Waals surface area contributed by atoms with Crippen molar-refractivity contribution in [1.82, 2.24) is 15.5 Å². The predicted molar refractivity (Wildman–Crippen MR) is 115 cm³/mol. The Morgan fingerprint density at radius 3 is 2.45 bits per heavy atom. The largest absolute Gasteiger partial charge is 0.493 e. The first-order valence-electron chi connectivity index (χ1n) is 10.1. The lowest BCUT2D eigenvalue weighted by Gasteiger charge is -2.13. The summed E-state index contributed by atoms with van der Waals surface area (Å²) in [5, 5.41) is 5.42. The van der Waals surface area contributed by atoms with Crippen molar-refractivity contribution in [3.63, 3.8) is 0 Å². The molecule has 31 heavy (non-hydrogen) atoms. The first-order chi connectivity index (χ1) is 15.0. The van der Waals surface area contributed by atoms with E-state index < -0.39 is 12.1 Å². The minimum absolute atomic E-state index is 0.293. The normalized spacial score (nSPS) is 15.5. The number of rotatable bonds is 10. The number of aryl methyl sites for hydroxylation is 1. The molecule has 8 nitrogen and oxygen atoms in total. The maximum absolute atomic E-state index is 12.5. The Morgan fingerprint density at radius 1 is 1.00 bits per heavy atom. The number of amides is 4. The molecule has 1 fully saturated rings. The summed E-state index contributed by atoms with van der Waals surface area (Å²) in [6.45, 7) is 0.0772. The number of carbonyl (C=O) groups excluding carboxylic acids is 3. The van der Waals surface area contributed by atoms with E-state index in [1.54, 1.807) is 20.3 Å². The fourth-order valence-electron chi connectivity index (χ4n) is 3.46. The topological polar surface area (TPSA) is 97.0 Å². The van der Waals surface area contributed by atoms with Crippen LogP contribution >= 0.6 is 0 Å². The van der Waals surface area contributed by atoms with E-state index in [1.165, 1.54) is 0 Å². The van der Waals surface area contributed by atoms with Crippen molar-refractivity contribution in [2.45, 2.75) is 25.3 Å². The average Bonchev–Trinajstić information content (AvgIpc) is 3.05. The first-order valence-corrected chi connectivity index (χ1v) is 10.1. The van der Waals surface area contributed by atoms with Crippen molar-refractivity contribution in [2.75, 3.05) is 27.3 Å². The Labute approximate surface area is 181 Å². The van der Waals surface area contributed by atoms with Gasteiger partial charge in [-0.25, -0.2) is 4.79 Å². The second kappa shape index (κ2) is 10.5. The van der Waals surface area contributed by atoms with Gasteiger partial charge >= 0.3 is 6.03 Å². The van der Waals surface area contributed by atoms with Crippen LogP contribution in [0.3, 0.4) is 0 Å². The van der Waals surface area contributed by atoms with Gasteiger partial charge in [-0.2, -0.15) is 0 Å². The summed E-state index contributed by atoms with van der Waals surface area (Å²) in [7, 11) is 3.13. The van der Waals surface area contributed by atoms with Crippen LogP contribution in [-0.4, -0.2) is 56.1 Å². The monoisotopic (exact) mass is 425 g/mol. The predicted octanol–water partition coefficient (Wildman–Crippen LogP) is 1.92. The standard InChI is InChI=1S/C23H27N3O5/c1-30-19-11-9-17(14-20(19)31-2)12-13-24-21(27)15-26-22(28)18(25-23(26)29)10-8-16-6-4-3-5-7-16/h3-7,9,11,14,18H,8,10,12-13,15H2,1-2H3,(H,24,27)(H,25,29). The number of nitrogens with one attached hydrogen (secondary N) is 2. The maximum atomic E-state index is 12.5. The van der Waals surface area contributed by atoms with E-state index in [2.05, 4.69) is 10.6 Å². The maximum Gasteiger partial charge on any atom is 0.325 e. The zero-order valence-corrected chi connectivity index (χ0v) is 17.7. The van der Waals surface area contributed by atoms with Crippen LogP contribution in [-0.2, 0) is 22.4 Å². The van der Waals surface area contributed by atoms with E-state index in [1.807, 2.05) is 42.5 Å². The summed E-state index contributed by atoms with van der Waals surface area (Å²) in [5.41, 5.74) is 2.06. The van der Waals surface area contributed by atoms with Crippen molar-refractivity contribution < 1.29 is 23.9 Å². The summed E-state index contributed by atoms with van der Waals surface area (Å²) in [4.78, 5) is 37.9. The van der Waals surface area contributed by atoms with E-state index in [9.17, 15) is 14.4 Å². The lowest BCUT2D eigenvalue weighted by molar-refractivity contribution is -0.132. The number of imide groups is 1. The summed E-state index contributed by atoms with van der Waals surface area (Å²) in [5.74, 6) is 0.506. The molecule has 164 valence electrons. The quantitative estimate of drug-likeness (QED) is 0.567. The van der Waals surface area contributed by atoms with Crippen LogP contribution in [0.25, 0.3) is 0 Å². The third-order valence-corrected chi connectivity index (χ3v) is 5.16. The SMILES string of the molecule is COc1ccc(CCNC(=O)CN2C(=O)NC(CCc3ccccc3)C2=O)cc1OC. The molecular formula is C23H27N3O5. The Bertz CT molecular complexity index is 932. The van der Waals surface area contributed by atoms with Gasteiger partial charge in [-0.3, -0.25) is 14.5 Å². The third-order valence-electron chi connectivity index (χ3n) is 5.16. The van der Waals surface area contributed by atoms with Crippen LogP contribution in [0, 0.1) is 0 Å². The summed E-state index contributed by atoms with van der Waals surface area (Å²) in [6.07, 6.45) is 1.74. The molecule has 2 aromatic rings. The molecule has 1 heterocycles. The lowest BCUT2D eigenvalue weighted by atomic mass is 10.1. The number of hydrogen-bond donors (Lipinski definition) is 2. The van der Waals surface area contributed by atoms with Crippen LogP contribution in [0.5, 0.6) is 11.5 Å². The van der Waals surface area contributed by atoms with Crippen LogP contribution in [0.1, 0.15) is 17.5 Å². The van der Waals surface area contributed by atoms with Crippen molar-refractivity contribution >= 4 is 17.8 Å². The van der Waals surface area contributed by atoms with Crippen molar-refractivity contribution in [3.05, 3.63) is 59.7 Å². The van der Waals surface area contributed by atoms with E-state index in [0.29, 0.717) is 37.3 Å². The highest BCUT2D eigenvalue weighted by Crippen LogP contribution is 2.27. The molecule has 0 radical (unpaired) electrons. The summed E-state index contributed by atoms with van der Waals surface area (Å²) >= 11 is 0. The molecule has 0 aliphatic carbocycles. The number of benzene rings is 2. The van der Waals surface area contributed by atoms with E-state index in [-0.39, 0.29) is 18.4 Å². The van der Waals surface area contributed by atoms with Gasteiger partial charge < -0.3 is 20.1 Å². The fourth-order valence-corrected chi connectivity index (χ4v) is 3.46. The van der Waals surface area contributed by atoms with Gasteiger partial charge in [0.2, 0.25) is 5.91 Å². The van der Waals surface area contributed by atoms with Gasteiger partial charge in [-0.05, 0) is 42.5 Å². The molecule has 4 amide bonds. The molecule has 0 aromatic heterocycles. The Kier molecular flexibility index (Phi) is 7.48. The minimum Gasteiger partial charge on any atom is -0.493 e. The number of carbonyl (C=O) groups is 3. The lowest BCUT2D eigenvalue weighted by Crippen LogP contribution is -2.41. The number of hydrogen-bond acceptors (Lipinski definition) is 5. The highest BCUT2D eigenvalue weighted by atomic mass is 16.5. The minimum atomic E-state index is -0.604. The number of methoxy groups -OCH3 is 2. The molecule has 1 saturated heterocycles. The molecule has 3 rings (SSSR count). The highest BCUT2D eigenvalue weighted by molar-refractivity contribution is 6.06. The van der Waals surface area contributed by atoms with Gasteiger partial charge in [0.1, 0.15) is 12.6 Å². The van der Waals surface area contributed by atoms with Gasteiger partial charge in [-0.1, -0.05) is 36.4 Å². The molecule has 1 aliphatic rings. The summed E-state index contributed by atoms with van der Waals surface area (Å²) in [6, 6.07) is 14.2. The van der Waals surface area contributed by atoms with Crippen LogP contribution in [0.4, 0.5) is 4.79 Å². The van der Waals surface area contributed by atoms with Crippen LogP contribution in [0.15, 0.2) is 48.5 Å². The summed E-state index contributed by atoms with van der Waals surface area (Å²) < 4.78 is 10.5. The smallest absolute Gasteiger partial charge is 0.325 e. The highest BCUT2D eigenvalue weighted by Gasteiger charge is 2.38. The average molecular weight is 425 g/mol. The molecule has 2 N–H and O–H groups in total. The van der Waals surface area contributed by atoms with E-state index in [0.717, 1.165) is 16.0 Å². The molecule has 0 bridgehead atoms. The Balaban J connectivity index is 1.45. The molecule has 8 heteroatoms. The van der Waals surface area contributed by atoms with Gasteiger partial charge in [0.15, 0.2) is 11.5 Å². The first kappa shape index (κ1) is 22.1. The number of urea groups is 1. The number of nitrogens with zero attached hydrogens (tertiary/aromatic N) is 1. The molecule has 1 unspecified atom stereocenters. The van der Waals surface area contributed by atoms with Crippen molar-refractivity contribution in [3.8, 4) is 11.5 Å². The molecule has 2 aromatic carbocycles. The molecule has 1 aliphatic heterocycles. The van der Waals surface area contributed by atoms with Gasteiger partial charge in [0.05, 0.1) is 14.2 Å². The zero-order valence-electron chi connectivity index (χ0n) is 17.7. The Morgan fingerprint density at radius 2 is 1.74 bits per heavy atom. The molecular weight excluding hydrogens is 398 g/mol. The molecule has 1 atom stereocenters. The zero-order chi connectivity index (χ0) is 22.2.